The molecule has 0 radical (unpaired) electrons. The standard InChI is InChI=1S/C20H12ClF3N4O/c1-11-7-15-16(6-5-13(9-25)18(15)21)28(11)10-17-26-19(29-27-17)12-3-2-4-14(8-12)20(22,23)24/h2-8H,10H2,1H3. The summed E-state index contributed by atoms with van der Waals surface area (Å²) in [5, 5.41) is 14.1. The first-order chi connectivity index (χ1) is 13.8. The third-order valence-electron chi connectivity index (χ3n) is 4.55. The van der Waals surface area contributed by atoms with Crippen LogP contribution in [0.3, 0.4) is 0 Å². The zero-order chi connectivity index (χ0) is 20.8. The molecule has 0 fully saturated rings. The molecule has 2 aromatic heterocycles. The van der Waals surface area contributed by atoms with Crippen LogP contribution < -0.4 is 0 Å². The first-order valence-corrected chi connectivity index (χ1v) is 8.84. The molecule has 0 N–H and O–H groups in total. The van der Waals surface area contributed by atoms with E-state index in [0.717, 1.165) is 28.7 Å². The van der Waals surface area contributed by atoms with Gasteiger partial charge in [0.05, 0.1) is 28.2 Å². The van der Waals surface area contributed by atoms with Crippen LogP contribution in [0.15, 0.2) is 47.0 Å². The van der Waals surface area contributed by atoms with Gasteiger partial charge in [-0.3, -0.25) is 0 Å². The van der Waals surface area contributed by atoms with Crippen molar-refractivity contribution in [1.82, 2.24) is 14.7 Å². The van der Waals surface area contributed by atoms with E-state index in [2.05, 4.69) is 10.1 Å². The molecule has 0 aliphatic carbocycles. The highest BCUT2D eigenvalue weighted by molar-refractivity contribution is 6.36. The summed E-state index contributed by atoms with van der Waals surface area (Å²) < 4.78 is 45.8. The van der Waals surface area contributed by atoms with Crippen LogP contribution in [0.1, 0.15) is 22.6 Å². The summed E-state index contributed by atoms with van der Waals surface area (Å²) in [7, 11) is 0. The van der Waals surface area contributed by atoms with Gasteiger partial charge in [-0.1, -0.05) is 22.8 Å². The average molecular weight is 417 g/mol. The van der Waals surface area contributed by atoms with Gasteiger partial charge in [0.1, 0.15) is 6.07 Å². The molecule has 29 heavy (non-hydrogen) atoms. The lowest BCUT2D eigenvalue weighted by Crippen LogP contribution is -2.04. The number of hydrogen-bond donors (Lipinski definition) is 0. The normalized spacial score (nSPS) is 11.7. The molecule has 0 atom stereocenters. The maximum Gasteiger partial charge on any atom is 0.416 e. The fourth-order valence-electron chi connectivity index (χ4n) is 3.13. The van der Waals surface area contributed by atoms with E-state index in [1.165, 1.54) is 12.1 Å². The summed E-state index contributed by atoms with van der Waals surface area (Å²) in [6, 6.07) is 12.0. The van der Waals surface area contributed by atoms with Gasteiger partial charge in [-0.05, 0) is 43.3 Å². The van der Waals surface area contributed by atoms with Crippen molar-refractivity contribution in [2.24, 2.45) is 0 Å². The van der Waals surface area contributed by atoms with Gasteiger partial charge in [-0.25, -0.2) is 0 Å². The Kier molecular flexibility index (Phi) is 4.55. The van der Waals surface area contributed by atoms with E-state index in [0.29, 0.717) is 16.4 Å². The van der Waals surface area contributed by atoms with Gasteiger partial charge in [0.25, 0.3) is 5.89 Å². The van der Waals surface area contributed by atoms with Gasteiger partial charge in [0.15, 0.2) is 5.82 Å². The third-order valence-corrected chi connectivity index (χ3v) is 4.96. The second-order valence-corrected chi connectivity index (χ2v) is 6.82. The molecule has 0 amide bonds. The van der Waals surface area contributed by atoms with Gasteiger partial charge in [0.2, 0.25) is 0 Å². The van der Waals surface area contributed by atoms with Crippen molar-refractivity contribution < 1.29 is 17.7 Å². The van der Waals surface area contributed by atoms with Crippen molar-refractivity contribution in [3.8, 4) is 17.5 Å². The highest BCUT2D eigenvalue weighted by Crippen LogP contribution is 2.32. The summed E-state index contributed by atoms with van der Waals surface area (Å²) >= 11 is 6.29. The van der Waals surface area contributed by atoms with Crippen molar-refractivity contribution in [2.75, 3.05) is 0 Å². The van der Waals surface area contributed by atoms with Crippen LogP contribution in [-0.2, 0) is 12.7 Å². The molecule has 2 heterocycles. The van der Waals surface area contributed by atoms with E-state index in [4.69, 9.17) is 21.4 Å². The van der Waals surface area contributed by atoms with E-state index in [1.807, 2.05) is 23.6 Å². The van der Waals surface area contributed by atoms with Crippen LogP contribution in [0.25, 0.3) is 22.4 Å². The molecule has 0 bridgehead atoms. The minimum atomic E-state index is -4.46. The van der Waals surface area contributed by atoms with Crippen molar-refractivity contribution in [1.29, 1.82) is 5.26 Å². The molecule has 4 rings (SSSR count). The summed E-state index contributed by atoms with van der Waals surface area (Å²) in [5.41, 5.74) is 1.43. The number of benzene rings is 2. The van der Waals surface area contributed by atoms with E-state index in [1.54, 1.807) is 12.1 Å². The van der Waals surface area contributed by atoms with Gasteiger partial charge in [0, 0.05) is 16.6 Å². The topological polar surface area (TPSA) is 67.6 Å². The van der Waals surface area contributed by atoms with Crippen LogP contribution >= 0.6 is 11.6 Å². The highest BCUT2D eigenvalue weighted by atomic mass is 35.5. The summed E-state index contributed by atoms with van der Waals surface area (Å²) in [6.07, 6.45) is -4.46. The van der Waals surface area contributed by atoms with E-state index < -0.39 is 11.7 Å². The maximum absolute atomic E-state index is 12.9. The predicted molar refractivity (Wildman–Crippen MR) is 100 cm³/mol. The van der Waals surface area contributed by atoms with E-state index in [9.17, 15) is 13.2 Å². The third kappa shape index (κ3) is 3.45. The number of hydrogen-bond acceptors (Lipinski definition) is 4. The number of nitrogens with zero attached hydrogens (tertiary/aromatic N) is 4. The Hall–Kier alpha value is -3.31. The molecule has 146 valence electrons. The lowest BCUT2D eigenvalue weighted by atomic mass is 10.1. The fraction of sp³-hybridized carbons (Fsp3) is 0.150. The largest absolute Gasteiger partial charge is 0.416 e. The highest BCUT2D eigenvalue weighted by Gasteiger charge is 2.31. The van der Waals surface area contributed by atoms with E-state index >= 15 is 0 Å². The molecule has 0 saturated heterocycles. The van der Waals surface area contributed by atoms with Crippen molar-refractivity contribution in [3.05, 3.63) is 70.1 Å². The molecule has 9 heteroatoms. The van der Waals surface area contributed by atoms with Crippen LogP contribution in [-0.4, -0.2) is 14.7 Å². The molecule has 4 aromatic rings. The SMILES string of the molecule is Cc1cc2c(Cl)c(C#N)ccc2n1Cc1noc(-c2cccc(C(F)(F)F)c2)n1. The molecular formula is C20H12ClF3N4O. The fourth-order valence-corrected chi connectivity index (χ4v) is 3.39. The molecule has 2 aromatic carbocycles. The van der Waals surface area contributed by atoms with Crippen molar-refractivity contribution in [3.63, 3.8) is 0 Å². The molecule has 5 nitrogen and oxygen atoms in total. The lowest BCUT2D eigenvalue weighted by Gasteiger charge is -2.06. The second-order valence-electron chi connectivity index (χ2n) is 6.44. The number of fused-ring (bicyclic) bond motifs is 1. The van der Waals surface area contributed by atoms with E-state index in [-0.39, 0.29) is 18.0 Å². The molecular weight excluding hydrogens is 405 g/mol. The smallest absolute Gasteiger partial charge is 0.337 e. The average Bonchev–Trinajstić information content (AvgIpc) is 3.28. The van der Waals surface area contributed by atoms with Gasteiger partial charge >= 0.3 is 6.18 Å². The summed E-state index contributed by atoms with van der Waals surface area (Å²) in [6.45, 7) is 2.11. The minimum Gasteiger partial charge on any atom is -0.337 e. The zero-order valence-electron chi connectivity index (χ0n) is 15.0. The first-order valence-electron chi connectivity index (χ1n) is 8.46. The Morgan fingerprint density at radius 2 is 2.00 bits per heavy atom. The lowest BCUT2D eigenvalue weighted by molar-refractivity contribution is -0.137. The Labute approximate surface area is 167 Å². The van der Waals surface area contributed by atoms with Gasteiger partial charge < -0.3 is 9.09 Å². The minimum absolute atomic E-state index is 0.00464. The Balaban J connectivity index is 1.68. The Morgan fingerprint density at radius 1 is 1.21 bits per heavy atom. The Bertz CT molecular complexity index is 1270. The molecule has 0 aliphatic rings. The van der Waals surface area contributed by atoms with Gasteiger partial charge in [-0.2, -0.15) is 23.4 Å². The number of aryl methyl sites for hydroxylation is 1. The Morgan fingerprint density at radius 3 is 2.72 bits per heavy atom. The first kappa shape index (κ1) is 19.0. The van der Waals surface area contributed by atoms with Crippen LogP contribution in [0.4, 0.5) is 13.2 Å². The van der Waals surface area contributed by atoms with Crippen molar-refractivity contribution in [2.45, 2.75) is 19.6 Å². The maximum atomic E-state index is 12.9. The molecule has 0 aliphatic heterocycles. The van der Waals surface area contributed by atoms with Crippen LogP contribution in [0.2, 0.25) is 5.02 Å². The number of alkyl halides is 3. The predicted octanol–water partition coefficient (Wildman–Crippen LogP) is 5.59. The quantitative estimate of drug-likeness (QED) is 0.436. The summed E-state index contributed by atoms with van der Waals surface area (Å²) in [4.78, 5) is 4.23. The zero-order valence-corrected chi connectivity index (χ0v) is 15.7. The monoisotopic (exact) mass is 416 g/mol. The van der Waals surface area contributed by atoms with Crippen LogP contribution in [0.5, 0.6) is 0 Å². The number of nitriles is 1. The number of rotatable bonds is 3. The summed E-state index contributed by atoms with van der Waals surface area (Å²) in [5.74, 6) is 0.309. The number of halogens is 4. The molecule has 0 spiro atoms. The van der Waals surface area contributed by atoms with Gasteiger partial charge in [-0.15, -0.1) is 0 Å². The van der Waals surface area contributed by atoms with Crippen LogP contribution in [0, 0.1) is 18.3 Å². The number of aromatic nitrogens is 3. The second kappa shape index (κ2) is 6.94. The molecule has 0 saturated carbocycles. The molecule has 0 unspecified atom stereocenters. The van der Waals surface area contributed by atoms with Crippen molar-refractivity contribution >= 4 is 22.5 Å².